The predicted molar refractivity (Wildman–Crippen MR) is 73.2 cm³/mol. The van der Waals surface area contributed by atoms with Gasteiger partial charge in [-0.05, 0) is 31.2 Å². The molecule has 1 atom stereocenters. The molecule has 1 aliphatic rings. The Labute approximate surface area is 109 Å². The van der Waals surface area contributed by atoms with Gasteiger partial charge in [0.05, 0.1) is 0 Å². The molecule has 1 unspecified atom stereocenters. The molecule has 0 bridgehead atoms. The third kappa shape index (κ3) is 3.84. The zero-order chi connectivity index (χ0) is 12.8. The fourth-order valence-electron chi connectivity index (χ4n) is 2.27. The van der Waals surface area contributed by atoms with Crippen LogP contribution in [0.15, 0.2) is 30.3 Å². The van der Waals surface area contributed by atoms with E-state index < -0.39 is 0 Å². The van der Waals surface area contributed by atoms with Crippen LogP contribution in [0.1, 0.15) is 37.8 Å². The smallest absolute Gasteiger partial charge is 0.221 e. The first-order valence-electron chi connectivity index (χ1n) is 6.86. The Balaban J connectivity index is 1.83. The van der Waals surface area contributed by atoms with Crippen molar-refractivity contribution < 1.29 is 4.79 Å². The Hall–Kier alpha value is -1.35. The molecule has 0 aliphatic heterocycles. The van der Waals surface area contributed by atoms with Crippen molar-refractivity contribution in [1.29, 1.82) is 0 Å². The summed E-state index contributed by atoms with van der Waals surface area (Å²) in [7, 11) is 0. The summed E-state index contributed by atoms with van der Waals surface area (Å²) < 4.78 is 0. The van der Waals surface area contributed by atoms with Crippen molar-refractivity contribution in [3.05, 3.63) is 35.9 Å². The lowest BCUT2D eigenvalue weighted by molar-refractivity contribution is -0.120. The monoisotopic (exact) mass is 246 g/mol. The molecule has 2 N–H and O–H groups in total. The highest BCUT2D eigenvalue weighted by Gasteiger charge is 2.31. The molecular formula is C15H22N2O. The summed E-state index contributed by atoms with van der Waals surface area (Å²) in [6.07, 6.45) is 3.16. The summed E-state index contributed by atoms with van der Waals surface area (Å²) in [4.78, 5) is 11.4. The van der Waals surface area contributed by atoms with Crippen LogP contribution < -0.4 is 10.6 Å². The minimum absolute atomic E-state index is 0.132. The van der Waals surface area contributed by atoms with Gasteiger partial charge in [0.1, 0.15) is 0 Å². The summed E-state index contributed by atoms with van der Waals surface area (Å²) in [5.41, 5.74) is 1.34. The minimum atomic E-state index is 0.132. The van der Waals surface area contributed by atoms with Crippen molar-refractivity contribution in [3.8, 4) is 0 Å². The first-order chi connectivity index (χ1) is 8.81. The molecule has 0 saturated heterocycles. The molecule has 2 rings (SSSR count). The van der Waals surface area contributed by atoms with Gasteiger partial charge in [0.15, 0.2) is 0 Å². The molecule has 1 saturated carbocycles. The quantitative estimate of drug-likeness (QED) is 0.775. The molecule has 18 heavy (non-hydrogen) atoms. The average molecular weight is 246 g/mol. The number of hydrogen-bond donors (Lipinski definition) is 2. The molecule has 1 aromatic rings. The molecular weight excluding hydrogens is 224 g/mol. The van der Waals surface area contributed by atoms with Crippen molar-refractivity contribution in [2.45, 2.75) is 32.2 Å². The van der Waals surface area contributed by atoms with Gasteiger partial charge in [0, 0.05) is 25.6 Å². The van der Waals surface area contributed by atoms with E-state index in [4.69, 9.17) is 0 Å². The van der Waals surface area contributed by atoms with E-state index in [1.165, 1.54) is 18.4 Å². The Bertz CT molecular complexity index is 373. The van der Waals surface area contributed by atoms with Crippen molar-refractivity contribution in [2.24, 2.45) is 5.92 Å². The van der Waals surface area contributed by atoms with Crippen LogP contribution in [0.4, 0.5) is 0 Å². The Kier molecular flexibility index (Phi) is 4.76. The number of carbonyl (C=O) groups excluding carboxylic acids is 1. The highest BCUT2D eigenvalue weighted by atomic mass is 16.1. The third-order valence-electron chi connectivity index (χ3n) is 3.34. The predicted octanol–water partition coefficient (Wildman–Crippen LogP) is 2.25. The van der Waals surface area contributed by atoms with E-state index >= 15 is 0 Å². The molecule has 0 aromatic heterocycles. The maximum atomic E-state index is 11.4. The fourth-order valence-corrected chi connectivity index (χ4v) is 2.27. The van der Waals surface area contributed by atoms with Crippen molar-refractivity contribution in [2.75, 3.05) is 13.1 Å². The minimum Gasteiger partial charge on any atom is -0.356 e. The van der Waals surface area contributed by atoms with Crippen LogP contribution in [0.2, 0.25) is 0 Å². The van der Waals surface area contributed by atoms with E-state index in [9.17, 15) is 4.79 Å². The molecule has 3 nitrogen and oxygen atoms in total. The van der Waals surface area contributed by atoms with Gasteiger partial charge >= 0.3 is 0 Å². The maximum absolute atomic E-state index is 11.4. The molecule has 1 fully saturated rings. The van der Waals surface area contributed by atoms with E-state index in [1.807, 2.05) is 13.0 Å². The number of nitrogens with one attached hydrogen (secondary N) is 2. The molecule has 0 spiro atoms. The van der Waals surface area contributed by atoms with Gasteiger partial charge in [-0.3, -0.25) is 4.79 Å². The van der Waals surface area contributed by atoms with Crippen molar-refractivity contribution in [1.82, 2.24) is 10.6 Å². The zero-order valence-electron chi connectivity index (χ0n) is 11.0. The average Bonchev–Trinajstić information content (AvgIpc) is 3.20. The zero-order valence-corrected chi connectivity index (χ0v) is 11.0. The van der Waals surface area contributed by atoms with E-state index in [0.717, 1.165) is 12.5 Å². The number of benzene rings is 1. The van der Waals surface area contributed by atoms with E-state index in [-0.39, 0.29) is 5.91 Å². The van der Waals surface area contributed by atoms with Gasteiger partial charge in [-0.2, -0.15) is 0 Å². The first kappa shape index (κ1) is 13.1. The topological polar surface area (TPSA) is 41.1 Å². The largest absolute Gasteiger partial charge is 0.356 e. The Morgan fingerprint density at radius 1 is 1.33 bits per heavy atom. The van der Waals surface area contributed by atoms with Gasteiger partial charge in [0.25, 0.3) is 0 Å². The lowest BCUT2D eigenvalue weighted by Crippen LogP contribution is -2.30. The third-order valence-corrected chi connectivity index (χ3v) is 3.34. The van der Waals surface area contributed by atoms with Crippen LogP contribution in [0, 0.1) is 5.92 Å². The highest BCUT2D eigenvalue weighted by molar-refractivity contribution is 5.75. The fraction of sp³-hybridized carbons (Fsp3) is 0.533. The summed E-state index contributed by atoms with van der Waals surface area (Å²) in [5.74, 6) is 0.884. The second kappa shape index (κ2) is 6.55. The van der Waals surface area contributed by atoms with Crippen LogP contribution in [-0.4, -0.2) is 19.0 Å². The van der Waals surface area contributed by atoms with Crippen LogP contribution in [0.5, 0.6) is 0 Å². The highest BCUT2D eigenvalue weighted by Crippen LogP contribution is 2.40. The lowest BCUT2D eigenvalue weighted by atomic mass is 10.0. The number of carbonyl (C=O) groups is 1. The molecule has 1 aromatic carbocycles. The number of hydrogen-bond acceptors (Lipinski definition) is 2. The molecule has 0 heterocycles. The normalized spacial score (nSPS) is 16.3. The Morgan fingerprint density at radius 3 is 2.67 bits per heavy atom. The van der Waals surface area contributed by atoms with Crippen LogP contribution in [0.3, 0.4) is 0 Å². The maximum Gasteiger partial charge on any atom is 0.221 e. The summed E-state index contributed by atoms with van der Waals surface area (Å²) in [6.45, 7) is 3.41. The van der Waals surface area contributed by atoms with E-state index in [0.29, 0.717) is 19.0 Å². The molecule has 98 valence electrons. The van der Waals surface area contributed by atoms with E-state index in [2.05, 4.69) is 34.9 Å². The van der Waals surface area contributed by atoms with Gasteiger partial charge < -0.3 is 10.6 Å². The summed E-state index contributed by atoms with van der Waals surface area (Å²) in [5, 5.41) is 6.35. The van der Waals surface area contributed by atoms with Crippen molar-refractivity contribution in [3.63, 3.8) is 0 Å². The molecule has 0 radical (unpaired) electrons. The van der Waals surface area contributed by atoms with Crippen LogP contribution in [0.25, 0.3) is 0 Å². The lowest BCUT2D eigenvalue weighted by Gasteiger charge is -2.18. The van der Waals surface area contributed by atoms with Gasteiger partial charge in [0.2, 0.25) is 5.91 Å². The Morgan fingerprint density at radius 2 is 2.06 bits per heavy atom. The first-order valence-corrected chi connectivity index (χ1v) is 6.86. The van der Waals surface area contributed by atoms with Crippen molar-refractivity contribution >= 4 is 5.91 Å². The molecule has 3 heteroatoms. The standard InChI is InChI=1S/C15H22N2O/c1-2-16-14(18)10-11-17-15(13-8-9-13)12-6-4-3-5-7-12/h3-7,13,15,17H,2,8-11H2,1H3,(H,16,18). The van der Waals surface area contributed by atoms with Crippen LogP contribution in [-0.2, 0) is 4.79 Å². The van der Waals surface area contributed by atoms with E-state index in [1.54, 1.807) is 0 Å². The molecule has 1 aliphatic carbocycles. The second-order valence-corrected chi connectivity index (χ2v) is 4.88. The van der Waals surface area contributed by atoms with Gasteiger partial charge in [-0.15, -0.1) is 0 Å². The van der Waals surface area contributed by atoms with Gasteiger partial charge in [-0.1, -0.05) is 30.3 Å². The number of amides is 1. The summed E-state index contributed by atoms with van der Waals surface area (Å²) >= 11 is 0. The molecule has 1 amide bonds. The van der Waals surface area contributed by atoms with Crippen LogP contribution >= 0.6 is 0 Å². The number of rotatable bonds is 7. The van der Waals surface area contributed by atoms with Gasteiger partial charge in [-0.25, -0.2) is 0 Å². The second-order valence-electron chi connectivity index (χ2n) is 4.88. The summed E-state index contributed by atoms with van der Waals surface area (Å²) in [6, 6.07) is 11.0. The SMILES string of the molecule is CCNC(=O)CCNC(c1ccccc1)C1CC1.